The zero-order chi connectivity index (χ0) is 18.1. The van der Waals surface area contributed by atoms with Crippen LogP contribution in [0.2, 0.25) is 0 Å². The van der Waals surface area contributed by atoms with Crippen LogP contribution in [0.4, 0.5) is 5.69 Å². The second kappa shape index (κ2) is 10.1. The summed E-state index contributed by atoms with van der Waals surface area (Å²) < 4.78 is 0. The van der Waals surface area contributed by atoms with Crippen molar-refractivity contribution in [3.05, 3.63) is 29.8 Å². The minimum Gasteiger partial charge on any atom is -0.338 e. The summed E-state index contributed by atoms with van der Waals surface area (Å²) in [5.41, 5.74) is 2.08. The molecule has 0 aliphatic rings. The van der Waals surface area contributed by atoms with Gasteiger partial charge in [0.1, 0.15) is 0 Å². The Morgan fingerprint density at radius 3 is 2.17 bits per heavy atom. The van der Waals surface area contributed by atoms with E-state index in [1.807, 2.05) is 33.0 Å². The quantitative estimate of drug-likeness (QED) is 0.719. The van der Waals surface area contributed by atoms with E-state index in [9.17, 15) is 9.59 Å². The van der Waals surface area contributed by atoms with Gasteiger partial charge in [0.15, 0.2) is 13.1 Å². The number of hydrogen-bond donors (Lipinski definition) is 2. The van der Waals surface area contributed by atoms with Crippen LogP contribution in [-0.2, 0) is 9.59 Å². The van der Waals surface area contributed by atoms with Gasteiger partial charge < -0.3 is 15.1 Å². The lowest BCUT2D eigenvalue weighted by Gasteiger charge is -2.21. The second-order valence-corrected chi connectivity index (χ2v) is 6.36. The van der Waals surface area contributed by atoms with Crippen molar-refractivity contribution in [1.29, 1.82) is 0 Å². The highest BCUT2D eigenvalue weighted by molar-refractivity contribution is 5.91. The molecule has 1 aromatic rings. The minimum atomic E-state index is -0.0730. The van der Waals surface area contributed by atoms with Crippen molar-refractivity contribution >= 4 is 17.5 Å². The first kappa shape index (κ1) is 20.2. The minimum absolute atomic E-state index is 0.0730. The lowest BCUT2D eigenvalue weighted by Crippen LogP contribution is -3.11. The van der Waals surface area contributed by atoms with Gasteiger partial charge >= 0.3 is 0 Å². The van der Waals surface area contributed by atoms with Gasteiger partial charge in [-0.15, -0.1) is 0 Å². The topological polar surface area (TPSA) is 53.9 Å². The van der Waals surface area contributed by atoms with Gasteiger partial charge in [-0.25, -0.2) is 0 Å². The molecule has 2 amide bonds. The summed E-state index contributed by atoms with van der Waals surface area (Å²) in [6.45, 7) is 10.3. The molecule has 0 saturated carbocycles. The van der Waals surface area contributed by atoms with E-state index in [1.165, 1.54) is 5.56 Å². The maximum Gasteiger partial charge on any atom is 0.279 e. The Hall–Kier alpha value is -1.88. The third-order valence-corrected chi connectivity index (χ3v) is 4.41. The number of anilines is 1. The maximum atomic E-state index is 12.1. The number of rotatable bonds is 9. The third-order valence-electron chi connectivity index (χ3n) is 4.41. The van der Waals surface area contributed by atoms with Crippen LogP contribution >= 0.6 is 0 Å². The molecule has 0 aliphatic heterocycles. The average molecular weight is 334 g/mol. The molecular weight excluding hydrogens is 302 g/mol. The van der Waals surface area contributed by atoms with Crippen LogP contribution in [-0.4, -0.2) is 49.9 Å². The van der Waals surface area contributed by atoms with Crippen molar-refractivity contribution in [2.45, 2.75) is 40.0 Å². The summed E-state index contributed by atoms with van der Waals surface area (Å²) in [5, 5.41) is 2.90. The van der Waals surface area contributed by atoms with Crippen molar-refractivity contribution in [1.82, 2.24) is 4.90 Å². The molecule has 5 heteroatoms. The molecular formula is C19H32N3O2+. The van der Waals surface area contributed by atoms with E-state index < -0.39 is 0 Å². The molecule has 24 heavy (non-hydrogen) atoms. The van der Waals surface area contributed by atoms with Crippen LogP contribution < -0.4 is 10.2 Å². The molecule has 0 radical (unpaired) electrons. The van der Waals surface area contributed by atoms with Gasteiger partial charge in [0, 0.05) is 18.8 Å². The van der Waals surface area contributed by atoms with E-state index in [-0.39, 0.29) is 18.4 Å². The first-order chi connectivity index (χ1) is 11.4. The molecule has 0 aliphatic carbocycles. The number of quaternary nitrogens is 1. The fourth-order valence-corrected chi connectivity index (χ4v) is 2.62. The zero-order valence-corrected chi connectivity index (χ0v) is 15.7. The molecule has 2 N–H and O–H groups in total. The third kappa shape index (κ3) is 6.32. The first-order valence-corrected chi connectivity index (χ1v) is 8.90. The van der Waals surface area contributed by atoms with Crippen LogP contribution in [0.1, 0.15) is 45.6 Å². The summed E-state index contributed by atoms with van der Waals surface area (Å²) >= 11 is 0. The SMILES string of the molecule is CC[C@H](C)c1ccc(NC(=O)C[NH+](C)CC(=O)N(CC)CC)cc1. The highest BCUT2D eigenvalue weighted by atomic mass is 16.2. The molecule has 0 fully saturated rings. The van der Waals surface area contributed by atoms with Crippen molar-refractivity contribution in [2.24, 2.45) is 0 Å². The summed E-state index contributed by atoms with van der Waals surface area (Å²) in [6, 6.07) is 8.00. The van der Waals surface area contributed by atoms with Crippen LogP contribution in [0.15, 0.2) is 24.3 Å². The predicted octanol–water partition coefficient (Wildman–Crippen LogP) is 1.52. The highest BCUT2D eigenvalue weighted by Gasteiger charge is 2.17. The lowest BCUT2D eigenvalue weighted by molar-refractivity contribution is -0.862. The summed E-state index contributed by atoms with van der Waals surface area (Å²) in [5.74, 6) is 0.538. The van der Waals surface area contributed by atoms with Crippen LogP contribution in [0, 0.1) is 0 Å². The smallest absolute Gasteiger partial charge is 0.279 e. The van der Waals surface area contributed by atoms with Crippen LogP contribution in [0.25, 0.3) is 0 Å². The number of amides is 2. The number of benzene rings is 1. The van der Waals surface area contributed by atoms with Gasteiger partial charge in [0.05, 0.1) is 7.05 Å². The van der Waals surface area contributed by atoms with Crippen LogP contribution in [0.5, 0.6) is 0 Å². The Morgan fingerprint density at radius 1 is 1.08 bits per heavy atom. The average Bonchev–Trinajstić information content (AvgIpc) is 2.55. The molecule has 1 rings (SSSR count). The second-order valence-electron chi connectivity index (χ2n) is 6.36. The normalized spacial score (nSPS) is 13.2. The van der Waals surface area contributed by atoms with Crippen molar-refractivity contribution in [3.8, 4) is 0 Å². The number of nitrogens with one attached hydrogen (secondary N) is 2. The Labute approximate surface area is 146 Å². The largest absolute Gasteiger partial charge is 0.338 e. The summed E-state index contributed by atoms with van der Waals surface area (Å²) in [4.78, 5) is 26.9. The van der Waals surface area contributed by atoms with E-state index in [1.54, 1.807) is 4.90 Å². The van der Waals surface area contributed by atoms with E-state index >= 15 is 0 Å². The van der Waals surface area contributed by atoms with E-state index in [2.05, 4.69) is 31.3 Å². The van der Waals surface area contributed by atoms with Gasteiger partial charge in [-0.05, 0) is 43.9 Å². The monoisotopic (exact) mass is 334 g/mol. The van der Waals surface area contributed by atoms with Crippen molar-refractivity contribution in [2.75, 3.05) is 38.5 Å². The molecule has 0 aromatic heterocycles. The zero-order valence-electron chi connectivity index (χ0n) is 15.7. The highest BCUT2D eigenvalue weighted by Crippen LogP contribution is 2.20. The van der Waals surface area contributed by atoms with Gasteiger partial charge in [0.2, 0.25) is 0 Å². The van der Waals surface area contributed by atoms with Gasteiger partial charge in [-0.1, -0.05) is 26.0 Å². The number of hydrogen-bond acceptors (Lipinski definition) is 2. The Balaban J connectivity index is 2.49. The molecule has 0 heterocycles. The Morgan fingerprint density at radius 2 is 1.67 bits per heavy atom. The molecule has 2 atom stereocenters. The van der Waals surface area contributed by atoms with Crippen molar-refractivity contribution < 1.29 is 14.5 Å². The summed E-state index contributed by atoms with van der Waals surface area (Å²) in [7, 11) is 1.87. The van der Waals surface area contributed by atoms with Gasteiger partial charge in [0.25, 0.3) is 11.8 Å². The molecule has 1 unspecified atom stereocenters. The van der Waals surface area contributed by atoms with E-state index in [4.69, 9.17) is 0 Å². The number of nitrogens with zero attached hydrogens (tertiary/aromatic N) is 1. The predicted molar refractivity (Wildman–Crippen MR) is 98.3 cm³/mol. The summed E-state index contributed by atoms with van der Waals surface area (Å²) in [6.07, 6.45) is 1.10. The molecule has 1 aromatic carbocycles. The molecule has 0 saturated heterocycles. The Bertz CT molecular complexity index is 524. The molecule has 5 nitrogen and oxygen atoms in total. The molecule has 0 bridgehead atoms. The van der Waals surface area contributed by atoms with Crippen molar-refractivity contribution in [3.63, 3.8) is 0 Å². The molecule has 0 spiro atoms. The van der Waals surface area contributed by atoms with Gasteiger partial charge in [-0.3, -0.25) is 9.59 Å². The van der Waals surface area contributed by atoms with Crippen LogP contribution in [0.3, 0.4) is 0 Å². The number of likely N-dealkylation sites (N-methyl/N-ethyl adjacent to an activating group) is 2. The maximum absolute atomic E-state index is 12.1. The molecule has 134 valence electrons. The fourth-order valence-electron chi connectivity index (χ4n) is 2.62. The van der Waals surface area contributed by atoms with E-state index in [0.29, 0.717) is 25.6 Å². The first-order valence-electron chi connectivity index (χ1n) is 8.90. The lowest BCUT2D eigenvalue weighted by atomic mass is 9.99. The standard InChI is InChI=1S/C19H31N3O2/c1-6-15(4)16-9-11-17(12-10-16)20-18(23)13-21(5)14-19(24)22(7-2)8-3/h9-12,15H,6-8,13-14H2,1-5H3,(H,20,23)/p+1/t15-/m0/s1. The fraction of sp³-hybridized carbons (Fsp3) is 0.579. The number of carbonyl (C=O) groups is 2. The number of carbonyl (C=O) groups excluding carboxylic acids is 2. The van der Waals surface area contributed by atoms with Gasteiger partial charge in [-0.2, -0.15) is 0 Å². The van der Waals surface area contributed by atoms with E-state index in [0.717, 1.165) is 17.0 Å². The Kier molecular flexibility index (Phi) is 8.47.